The molecule has 0 radical (unpaired) electrons. The summed E-state index contributed by atoms with van der Waals surface area (Å²) in [5.41, 5.74) is 1.28. The van der Waals surface area contributed by atoms with Crippen molar-refractivity contribution < 1.29 is 4.79 Å². The molecule has 2 heteroatoms. The molecule has 0 spiro atoms. The number of hydrogen-bond acceptors (Lipinski definition) is 2. The lowest BCUT2D eigenvalue weighted by molar-refractivity contribution is 0.112. The zero-order valence-corrected chi connectivity index (χ0v) is 8.46. The molecular formula is C12H10OS. The predicted octanol–water partition coefficient (Wildman–Crippen LogP) is 3.15. The molecule has 2 rings (SSSR count). The van der Waals surface area contributed by atoms with E-state index in [1.807, 2.05) is 30.3 Å². The monoisotopic (exact) mass is 202 g/mol. The van der Waals surface area contributed by atoms with Crippen LogP contribution in [0.3, 0.4) is 0 Å². The number of hydrogen-bond donors (Lipinski definition) is 0. The SMILES string of the molecule is O=Cc1ccc(Cc2ccccc2)s1. The third kappa shape index (κ3) is 2.09. The molecule has 0 bridgehead atoms. The third-order valence-electron chi connectivity index (χ3n) is 2.02. The highest BCUT2D eigenvalue weighted by Crippen LogP contribution is 2.18. The topological polar surface area (TPSA) is 17.1 Å². The summed E-state index contributed by atoms with van der Waals surface area (Å²) in [4.78, 5) is 12.5. The summed E-state index contributed by atoms with van der Waals surface area (Å²) in [7, 11) is 0. The molecule has 70 valence electrons. The van der Waals surface area contributed by atoms with E-state index in [0.717, 1.165) is 17.6 Å². The van der Waals surface area contributed by atoms with Crippen molar-refractivity contribution in [3.05, 3.63) is 57.8 Å². The number of thiophene rings is 1. The van der Waals surface area contributed by atoms with Crippen LogP contribution in [0.15, 0.2) is 42.5 Å². The minimum atomic E-state index is 0.802. The quantitative estimate of drug-likeness (QED) is 0.699. The highest BCUT2D eigenvalue weighted by molar-refractivity contribution is 7.13. The zero-order valence-electron chi connectivity index (χ0n) is 7.64. The smallest absolute Gasteiger partial charge is 0.160 e. The molecule has 1 heterocycles. The van der Waals surface area contributed by atoms with Crippen molar-refractivity contribution in [3.8, 4) is 0 Å². The van der Waals surface area contributed by atoms with Gasteiger partial charge in [-0.25, -0.2) is 0 Å². The molecule has 1 nitrogen and oxygen atoms in total. The van der Waals surface area contributed by atoms with Gasteiger partial charge >= 0.3 is 0 Å². The van der Waals surface area contributed by atoms with Crippen LogP contribution in [0.5, 0.6) is 0 Å². The highest BCUT2D eigenvalue weighted by Gasteiger charge is 1.99. The van der Waals surface area contributed by atoms with Gasteiger partial charge in [0.05, 0.1) is 4.88 Å². The standard InChI is InChI=1S/C12H10OS/c13-9-12-7-6-11(14-12)8-10-4-2-1-3-5-10/h1-7,9H,8H2. The fourth-order valence-electron chi connectivity index (χ4n) is 1.35. The normalized spacial score (nSPS) is 10.0. The molecule has 0 unspecified atom stereocenters. The molecule has 0 saturated carbocycles. The van der Waals surface area contributed by atoms with Gasteiger partial charge in [0.2, 0.25) is 0 Å². The number of rotatable bonds is 3. The maximum atomic E-state index is 10.5. The van der Waals surface area contributed by atoms with Crippen molar-refractivity contribution in [1.82, 2.24) is 0 Å². The fraction of sp³-hybridized carbons (Fsp3) is 0.0833. The molecule has 0 aliphatic rings. The maximum Gasteiger partial charge on any atom is 0.160 e. The Labute approximate surface area is 87.0 Å². The first kappa shape index (κ1) is 9.16. The summed E-state index contributed by atoms with van der Waals surface area (Å²) in [6.45, 7) is 0. The third-order valence-corrected chi connectivity index (χ3v) is 3.03. The van der Waals surface area contributed by atoms with Crippen LogP contribution in [0, 0.1) is 0 Å². The van der Waals surface area contributed by atoms with Crippen molar-refractivity contribution in [2.75, 3.05) is 0 Å². The van der Waals surface area contributed by atoms with Crippen LogP contribution in [0.4, 0.5) is 0 Å². The van der Waals surface area contributed by atoms with Crippen molar-refractivity contribution in [2.45, 2.75) is 6.42 Å². The van der Waals surface area contributed by atoms with Crippen LogP contribution in [-0.4, -0.2) is 6.29 Å². The molecule has 14 heavy (non-hydrogen) atoms. The summed E-state index contributed by atoms with van der Waals surface area (Å²) >= 11 is 1.56. The van der Waals surface area contributed by atoms with E-state index in [1.54, 1.807) is 11.3 Å². The van der Waals surface area contributed by atoms with Gasteiger partial charge < -0.3 is 0 Å². The Morgan fingerprint density at radius 3 is 2.50 bits per heavy atom. The molecule has 0 atom stereocenters. The Morgan fingerprint density at radius 1 is 1.07 bits per heavy atom. The highest BCUT2D eigenvalue weighted by atomic mass is 32.1. The molecule has 1 aromatic carbocycles. The number of benzene rings is 1. The molecule has 0 saturated heterocycles. The van der Waals surface area contributed by atoms with E-state index < -0.39 is 0 Å². The van der Waals surface area contributed by atoms with Gasteiger partial charge in [0.25, 0.3) is 0 Å². The molecule has 2 aromatic rings. The Hall–Kier alpha value is -1.41. The van der Waals surface area contributed by atoms with E-state index in [1.165, 1.54) is 10.4 Å². The minimum Gasteiger partial charge on any atom is -0.297 e. The second-order valence-corrected chi connectivity index (χ2v) is 4.28. The lowest BCUT2D eigenvalue weighted by Crippen LogP contribution is -1.81. The van der Waals surface area contributed by atoms with E-state index in [4.69, 9.17) is 0 Å². The van der Waals surface area contributed by atoms with Gasteiger partial charge in [0.15, 0.2) is 6.29 Å². The van der Waals surface area contributed by atoms with Crippen LogP contribution >= 0.6 is 11.3 Å². The zero-order chi connectivity index (χ0) is 9.80. The molecule has 0 amide bonds. The van der Waals surface area contributed by atoms with Gasteiger partial charge in [-0.05, 0) is 17.7 Å². The number of carbonyl (C=O) groups excluding carboxylic acids is 1. The van der Waals surface area contributed by atoms with Gasteiger partial charge in [-0.2, -0.15) is 0 Å². The molecule has 0 fully saturated rings. The average molecular weight is 202 g/mol. The summed E-state index contributed by atoms with van der Waals surface area (Å²) in [6, 6.07) is 14.2. The second kappa shape index (κ2) is 4.20. The summed E-state index contributed by atoms with van der Waals surface area (Å²) < 4.78 is 0. The fourth-order valence-corrected chi connectivity index (χ4v) is 2.21. The second-order valence-electron chi connectivity index (χ2n) is 3.08. The molecule has 0 N–H and O–H groups in total. The van der Waals surface area contributed by atoms with Crippen LogP contribution in [-0.2, 0) is 6.42 Å². The van der Waals surface area contributed by atoms with Crippen LogP contribution in [0.1, 0.15) is 20.1 Å². The van der Waals surface area contributed by atoms with Crippen molar-refractivity contribution in [1.29, 1.82) is 0 Å². The maximum absolute atomic E-state index is 10.5. The van der Waals surface area contributed by atoms with Crippen molar-refractivity contribution in [3.63, 3.8) is 0 Å². The van der Waals surface area contributed by atoms with Gasteiger partial charge in [0.1, 0.15) is 0 Å². The Bertz CT molecular complexity index is 417. The van der Waals surface area contributed by atoms with E-state index in [-0.39, 0.29) is 0 Å². The average Bonchev–Trinajstić information content (AvgIpc) is 2.67. The van der Waals surface area contributed by atoms with E-state index >= 15 is 0 Å². The summed E-state index contributed by atoms with van der Waals surface area (Å²) in [5, 5.41) is 0. The van der Waals surface area contributed by atoms with Crippen LogP contribution < -0.4 is 0 Å². The van der Waals surface area contributed by atoms with Gasteiger partial charge in [-0.3, -0.25) is 4.79 Å². The van der Waals surface area contributed by atoms with Crippen LogP contribution in [0.2, 0.25) is 0 Å². The van der Waals surface area contributed by atoms with E-state index in [0.29, 0.717) is 0 Å². The Morgan fingerprint density at radius 2 is 1.86 bits per heavy atom. The first-order valence-corrected chi connectivity index (χ1v) is 5.28. The molecule has 0 aliphatic carbocycles. The number of aldehydes is 1. The first-order valence-electron chi connectivity index (χ1n) is 4.46. The van der Waals surface area contributed by atoms with Crippen LogP contribution in [0.25, 0.3) is 0 Å². The molecule has 1 aromatic heterocycles. The first-order chi connectivity index (χ1) is 6.88. The largest absolute Gasteiger partial charge is 0.297 e. The lowest BCUT2D eigenvalue weighted by Gasteiger charge is -1.96. The summed E-state index contributed by atoms with van der Waals surface area (Å²) in [6.07, 6.45) is 1.82. The van der Waals surface area contributed by atoms with E-state index in [2.05, 4.69) is 12.1 Å². The minimum absolute atomic E-state index is 0.802. The lowest BCUT2D eigenvalue weighted by atomic mass is 10.1. The van der Waals surface area contributed by atoms with Gasteiger partial charge in [-0.1, -0.05) is 30.3 Å². The Kier molecular flexibility index (Phi) is 2.75. The van der Waals surface area contributed by atoms with Crippen molar-refractivity contribution in [2.24, 2.45) is 0 Å². The van der Waals surface area contributed by atoms with Gasteiger partial charge in [0, 0.05) is 11.3 Å². The summed E-state index contributed by atoms with van der Waals surface area (Å²) in [5.74, 6) is 0. The predicted molar refractivity (Wildman–Crippen MR) is 59.0 cm³/mol. The van der Waals surface area contributed by atoms with Gasteiger partial charge in [-0.15, -0.1) is 11.3 Å². The van der Waals surface area contributed by atoms with E-state index in [9.17, 15) is 4.79 Å². The molecule has 0 aliphatic heterocycles. The Balaban J connectivity index is 2.15. The number of carbonyl (C=O) groups is 1. The molecular weight excluding hydrogens is 192 g/mol. The van der Waals surface area contributed by atoms with Crippen molar-refractivity contribution >= 4 is 17.6 Å².